The highest BCUT2D eigenvalue weighted by Crippen LogP contribution is 2.22. The Morgan fingerprint density at radius 1 is 1.32 bits per heavy atom. The van der Waals surface area contributed by atoms with E-state index in [2.05, 4.69) is 52.0 Å². The zero-order valence-corrected chi connectivity index (χ0v) is 15.3. The van der Waals surface area contributed by atoms with Crippen molar-refractivity contribution in [2.45, 2.75) is 38.3 Å². The Kier molecular flexibility index (Phi) is 6.05. The number of aliphatic hydroxyl groups is 1. The maximum Gasteiger partial charge on any atom is 0.319 e. The maximum atomic E-state index is 11.9. The van der Waals surface area contributed by atoms with Gasteiger partial charge >= 0.3 is 6.03 Å². The first-order valence-electron chi connectivity index (χ1n) is 7.65. The van der Waals surface area contributed by atoms with E-state index in [1.807, 2.05) is 24.3 Å². The Balaban J connectivity index is 1.77. The summed E-state index contributed by atoms with van der Waals surface area (Å²) in [6.45, 7) is 6.35. The molecule has 1 aliphatic rings. The van der Waals surface area contributed by atoms with Crippen LogP contribution in [0, 0.1) is 3.57 Å². The normalized spacial score (nSPS) is 18.2. The fourth-order valence-electron chi connectivity index (χ4n) is 2.59. The first-order chi connectivity index (χ1) is 10.4. The van der Waals surface area contributed by atoms with Crippen LogP contribution in [-0.4, -0.2) is 47.3 Å². The van der Waals surface area contributed by atoms with Gasteiger partial charge in [0, 0.05) is 34.9 Å². The van der Waals surface area contributed by atoms with E-state index < -0.39 is 5.60 Å². The van der Waals surface area contributed by atoms with E-state index >= 15 is 0 Å². The van der Waals surface area contributed by atoms with Gasteiger partial charge < -0.3 is 20.6 Å². The van der Waals surface area contributed by atoms with Crippen molar-refractivity contribution in [1.82, 2.24) is 10.2 Å². The fourth-order valence-corrected chi connectivity index (χ4v) is 2.95. The van der Waals surface area contributed by atoms with Crippen molar-refractivity contribution in [1.29, 1.82) is 0 Å². The van der Waals surface area contributed by atoms with Crippen LogP contribution in [0.5, 0.6) is 0 Å². The van der Waals surface area contributed by atoms with Gasteiger partial charge in [-0.2, -0.15) is 0 Å². The molecule has 1 fully saturated rings. The van der Waals surface area contributed by atoms with Gasteiger partial charge in [-0.1, -0.05) is 0 Å². The molecule has 0 saturated carbocycles. The first kappa shape index (κ1) is 17.5. The van der Waals surface area contributed by atoms with Crippen LogP contribution in [0.15, 0.2) is 24.3 Å². The zero-order valence-electron chi connectivity index (χ0n) is 13.1. The van der Waals surface area contributed by atoms with E-state index in [9.17, 15) is 9.90 Å². The lowest BCUT2D eigenvalue weighted by Gasteiger charge is -2.40. The lowest BCUT2D eigenvalue weighted by Crippen LogP contribution is -2.52. The van der Waals surface area contributed by atoms with Gasteiger partial charge in [-0.3, -0.25) is 0 Å². The number of rotatable bonds is 4. The topological polar surface area (TPSA) is 64.6 Å². The Morgan fingerprint density at radius 2 is 1.91 bits per heavy atom. The van der Waals surface area contributed by atoms with Gasteiger partial charge in [0.1, 0.15) is 0 Å². The van der Waals surface area contributed by atoms with Gasteiger partial charge in [-0.25, -0.2) is 4.79 Å². The second-order valence-corrected chi connectivity index (χ2v) is 7.41. The van der Waals surface area contributed by atoms with Crippen LogP contribution in [0.2, 0.25) is 0 Å². The number of nitrogens with zero attached hydrogens (tertiary/aromatic N) is 1. The Bertz CT molecular complexity index is 497. The van der Waals surface area contributed by atoms with Crippen LogP contribution in [-0.2, 0) is 0 Å². The number of carbonyl (C=O) groups excluding carboxylic acids is 1. The molecule has 2 amide bonds. The van der Waals surface area contributed by atoms with Gasteiger partial charge in [0.25, 0.3) is 0 Å². The standard InChI is InChI=1S/C16H24IN3O2/c1-12(2)20-9-7-16(22,8-10-20)11-18-15(21)19-14-5-3-13(17)4-6-14/h3-6,12,22H,7-11H2,1-2H3,(H2,18,19,21). The quantitative estimate of drug-likeness (QED) is 0.661. The number of hydrogen-bond donors (Lipinski definition) is 3. The molecule has 0 unspecified atom stereocenters. The lowest BCUT2D eigenvalue weighted by molar-refractivity contribution is -0.0242. The first-order valence-corrected chi connectivity index (χ1v) is 8.73. The van der Waals surface area contributed by atoms with Gasteiger partial charge in [0.2, 0.25) is 0 Å². The molecule has 1 saturated heterocycles. The molecular formula is C16H24IN3O2. The van der Waals surface area contributed by atoms with E-state index in [0.717, 1.165) is 22.3 Å². The number of anilines is 1. The molecule has 0 aromatic heterocycles. The van der Waals surface area contributed by atoms with E-state index in [1.54, 1.807) is 0 Å². The number of amides is 2. The van der Waals surface area contributed by atoms with Crippen molar-refractivity contribution in [3.63, 3.8) is 0 Å². The molecule has 0 bridgehead atoms. The third-order valence-electron chi connectivity index (χ3n) is 4.14. The molecule has 22 heavy (non-hydrogen) atoms. The molecule has 2 rings (SSSR count). The SMILES string of the molecule is CC(C)N1CCC(O)(CNC(=O)Nc2ccc(I)cc2)CC1. The van der Waals surface area contributed by atoms with Crippen molar-refractivity contribution in [2.75, 3.05) is 25.0 Å². The third-order valence-corrected chi connectivity index (χ3v) is 4.86. The maximum absolute atomic E-state index is 11.9. The van der Waals surface area contributed by atoms with Crippen LogP contribution >= 0.6 is 22.6 Å². The molecule has 3 N–H and O–H groups in total. The molecule has 0 atom stereocenters. The third kappa shape index (κ3) is 5.10. The smallest absolute Gasteiger partial charge is 0.319 e. The van der Waals surface area contributed by atoms with Gasteiger partial charge in [0.05, 0.1) is 5.60 Å². The average molecular weight is 417 g/mol. The molecule has 0 spiro atoms. The summed E-state index contributed by atoms with van der Waals surface area (Å²) >= 11 is 2.22. The summed E-state index contributed by atoms with van der Waals surface area (Å²) in [4.78, 5) is 14.3. The number of carbonyl (C=O) groups is 1. The van der Waals surface area contributed by atoms with Crippen molar-refractivity contribution < 1.29 is 9.90 Å². The molecule has 122 valence electrons. The minimum absolute atomic E-state index is 0.277. The van der Waals surface area contributed by atoms with E-state index in [-0.39, 0.29) is 12.6 Å². The molecule has 1 heterocycles. The molecule has 6 heteroatoms. The Morgan fingerprint density at radius 3 is 2.45 bits per heavy atom. The second-order valence-electron chi connectivity index (χ2n) is 6.17. The van der Waals surface area contributed by atoms with E-state index in [1.165, 1.54) is 0 Å². The number of urea groups is 1. The number of benzene rings is 1. The van der Waals surface area contributed by atoms with Crippen LogP contribution < -0.4 is 10.6 Å². The number of piperidine rings is 1. The second kappa shape index (κ2) is 7.61. The largest absolute Gasteiger partial charge is 0.388 e. The van der Waals surface area contributed by atoms with Crippen molar-refractivity contribution in [3.05, 3.63) is 27.8 Å². The van der Waals surface area contributed by atoms with Gasteiger partial charge in [0.15, 0.2) is 0 Å². The monoisotopic (exact) mass is 417 g/mol. The predicted molar refractivity (Wildman–Crippen MR) is 97.1 cm³/mol. The van der Waals surface area contributed by atoms with Crippen LogP contribution in [0.1, 0.15) is 26.7 Å². The summed E-state index contributed by atoms with van der Waals surface area (Å²) in [5.41, 5.74) is -0.0473. The summed E-state index contributed by atoms with van der Waals surface area (Å²) in [5, 5.41) is 16.1. The molecule has 0 radical (unpaired) electrons. The number of nitrogens with one attached hydrogen (secondary N) is 2. The lowest BCUT2D eigenvalue weighted by atomic mass is 9.91. The highest BCUT2D eigenvalue weighted by molar-refractivity contribution is 14.1. The summed E-state index contributed by atoms with van der Waals surface area (Å²) in [7, 11) is 0. The van der Waals surface area contributed by atoms with Crippen molar-refractivity contribution >= 4 is 34.3 Å². The fraction of sp³-hybridized carbons (Fsp3) is 0.562. The Hall–Kier alpha value is -0.860. The Labute approximate surface area is 145 Å². The summed E-state index contributed by atoms with van der Waals surface area (Å²) in [6.07, 6.45) is 1.38. The van der Waals surface area contributed by atoms with Gasteiger partial charge in [-0.15, -0.1) is 0 Å². The molecule has 1 aromatic rings. The molecule has 5 nitrogen and oxygen atoms in total. The van der Waals surface area contributed by atoms with Crippen molar-refractivity contribution in [3.8, 4) is 0 Å². The number of hydrogen-bond acceptors (Lipinski definition) is 3. The van der Waals surface area contributed by atoms with E-state index in [4.69, 9.17) is 0 Å². The molecular weight excluding hydrogens is 393 g/mol. The number of likely N-dealkylation sites (tertiary alicyclic amines) is 1. The van der Waals surface area contributed by atoms with Crippen LogP contribution in [0.4, 0.5) is 10.5 Å². The average Bonchev–Trinajstić information content (AvgIpc) is 2.48. The summed E-state index contributed by atoms with van der Waals surface area (Å²) < 4.78 is 1.12. The number of halogens is 1. The molecule has 1 aromatic carbocycles. The molecule has 0 aliphatic carbocycles. The highest BCUT2D eigenvalue weighted by atomic mass is 127. The van der Waals surface area contributed by atoms with Crippen molar-refractivity contribution in [2.24, 2.45) is 0 Å². The minimum Gasteiger partial charge on any atom is -0.388 e. The minimum atomic E-state index is -0.797. The molecule has 1 aliphatic heterocycles. The van der Waals surface area contributed by atoms with Crippen LogP contribution in [0.3, 0.4) is 0 Å². The summed E-state index contributed by atoms with van der Waals surface area (Å²) in [6, 6.07) is 7.81. The zero-order chi connectivity index (χ0) is 16.2. The predicted octanol–water partition coefficient (Wildman–Crippen LogP) is 2.65. The highest BCUT2D eigenvalue weighted by Gasteiger charge is 2.33. The summed E-state index contributed by atoms with van der Waals surface area (Å²) in [5.74, 6) is 0. The van der Waals surface area contributed by atoms with E-state index in [0.29, 0.717) is 18.9 Å². The van der Waals surface area contributed by atoms with Crippen LogP contribution in [0.25, 0.3) is 0 Å². The van der Waals surface area contributed by atoms with Gasteiger partial charge in [-0.05, 0) is 73.5 Å².